The van der Waals surface area contributed by atoms with Gasteiger partial charge in [0.1, 0.15) is 10.7 Å². The van der Waals surface area contributed by atoms with Crippen molar-refractivity contribution in [3.05, 3.63) is 57.8 Å². The minimum Gasteiger partial charge on any atom is -0.383 e. The van der Waals surface area contributed by atoms with E-state index < -0.39 is 20.7 Å². The number of nitrogens with one attached hydrogen (secondary N) is 2. The molecule has 1 unspecified atom stereocenters. The molecule has 2 N–H and O–H groups in total. The Morgan fingerprint density at radius 1 is 1.23 bits per heavy atom. The van der Waals surface area contributed by atoms with Gasteiger partial charge in [-0.3, -0.25) is 0 Å². The van der Waals surface area contributed by atoms with Crippen LogP contribution in [0.3, 0.4) is 0 Å². The largest absolute Gasteiger partial charge is 0.383 e. The number of para-hydroxylation sites is 1. The van der Waals surface area contributed by atoms with Crippen LogP contribution in [0.4, 0.5) is 10.1 Å². The van der Waals surface area contributed by atoms with Crippen molar-refractivity contribution in [1.82, 2.24) is 4.72 Å². The highest BCUT2D eigenvalue weighted by molar-refractivity contribution is 9.10. The predicted octanol–water partition coefficient (Wildman–Crippen LogP) is 4.80. The second kappa shape index (κ2) is 8.25. The van der Waals surface area contributed by atoms with Gasteiger partial charge in [-0.15, -0.1) is 0 Å². The molecule has 1 fully saturated rings. The van der Waals surface area contributed by atoms with Gasteiger partial charge in [-0.1, -0.05) is 36.2 Å². The van der Waals surface area contributed by atoms with Crippen molar-refractivity contribution in [2.75, 3.05) is 11.9 Å². The first kappa shape index (κ1) is 19.6. The van der Waals surface area contributed by atoms with E-state index in [1.54, 1.807) is 0 Å². The minimum absolute atomic E-state index is 0.128. The zero-order valence-electron chi connectivity index (χ0n) is 13.9. The topological polar surface area (TPSA) is 58.2 Å². The van der Waals surface area contributed by atoms with Gasteiger partial charge in [0.15, 0.2) is 0 Å². The van der Waals surface area contributed by atoms with Crippen LogP contribution in [0.1, 0.15) is 19.3 Å². The highest BCUT2D eigenvalue weighted by atomic mass is 79.9. The highest BCUT2D eigenvalue weighted by Gasteiger charge is 2.32. The van der Waals surface area contributed by atoms with E-state index in [-0.39, 0.29) is 17.0 Å². The van der Waals surface area contributed by atoms with E-state index in [0.29, 0.717) is 11.0 Å². The summed E-state index contributed by atoms with van der Waals surface area (Å²) in [4.78, 5) is -0.405. The zero-order valence-corrected chi connectivity index (χ0v) is 17.0. The summed E-state index contributed by atoms with van der Waals surface area (Å²) in [5.41, 5.74) is 0.913. The molecule has 140 valence electrons. The lowest BCUT2D eigenvalue weighted by Crippen LogP contribution is -2.47. The molecule has 26 heavy (non-hydrogen) atoms. The van der Waals surface area contributed by atoms with E-state index in [4.69, 9.17) is 11.6 Å². The molecule has 0 heterocycles. The number of sulfonamides is 1. The van der Waals surface area contributed by atoms with Crippen molar-refractivity contribution in [2.24, 2.45) is 5.92 Å². The van der Waals surface area contributed by atoms with Crippen LogP contribution in [0.15, 0.2) is 51.8 Å². The maximum Gasteiger partial charge on any atom is 0.243 e. The number of anilines is 1. The summed E-state index contributed by atoms with van der Waals surface area (Å²) in [6, 6.07) is 11.5. The molecule has 2 aromatic carbocycles. The predicted molar refractivity (Wildman–Crippen MR) is 105 cm³/mol. The van der Waals surface area contributed by atoms with E-state index in [1.807, 2.05) is 30.3 Å². The quantitative estimate of drug-likeness (QED) is 0.582. The molecule has 0 aromatic heterocycles. The fraction of sp³-hybridized carbons (Fsp3) is 0.333. The summed E-state index contributed by atoms with van der Waals surface area (Å²) in [5.74, 6) is -0.631. The molecule has 0 saturated heterocycles. The van der Waals surface area contributed by atoms with Crippen molar-refractivity contribution in [3.8, 4) is 0 Å². The molecule has 0 spiro atoms. The molecule has 1 saturated carbocycles. The fourth-order valence-corrected chi connectivity index (χ4v) is 4.94. The SMILES string of the molecule is O=S(=O)(NC(CNc1ccccc1)C1CCC1)c1cc(Br)c(Cl)cc1F. The Bertz CT molecular complexity index is 876. The third kappa shape index (κ3) is 4.57. The Morgan fingerprint density at radius 2 is 1.92 bits per heavy atom. The van der Waals surface area contributed by atoms with Gasteiger partial charge >= 0.3 is 0 Å². The standard InChI is InChI=1S/C18H19BrClFN2O2S/c19-14-9-18(16(21)10-15(14)20)26(24,25)23-17(12-5-4-6-12)11-22-13-7-2-1-3-8-13/h1-3,7-10,12,17,22-23H,4-6,11H2. The van der Waals surface area contributed by atoms with Gasteiger partial charge < -0.3 is 5.32 Å². The molecule has 1 aliphatic carbocycles. The summed E-state index contributed by atoms with van der Waals surface area (Å²) in [7, 11) is -4.01. The van der Waals surface area contributed by atoms with E-state index >= 15 is 0 Å². The van der Waals surface area contributed by atoms with Crippen LogP contribution in [0.5, 0.6) is 0 Å². The Morgan fingerprint density at radius 3 is 2.54 bits per heavy atom. The lowest BCUT2D eigenvalue weighted by Gasteiger charge is -2.34. The molecule has 4 nitrogen and oxygen atoms in total. The Labute approximate surface area is 166 Å². The van der Waals surface area contributed by atoms with E-state index in [2.05, 4.69) is 26.0 Å². The summed E-state index contributed by atoms with van der Waals surface area (Å²) in [5, 5.41) is 3.38. The molecule has 1 atom stereocenters. The van der Waals surface area contributed by atoms with Crippen LogP contribution in [0, 0.1) is 11.7 Å². The first-order chi connectivity index (χ1) is 12.4. The van der Waals surface area contributed by atoms with Crippen LogP contribution in [0.2, 0.25) is 5.02 Å². The van der Waals surface area contributed by atoms with Gasteiger partial charge in [0, 0.05) is 22.7 Å². The third-order valence-electron chi connectivity index (χ3n) is 4.59. The van der Waals surface area contributed by atoms with Crippen molar-refractivity contribution in [1.29, 1.82) is 0 Å². The molecule has 1 aliphatic rings. The van der Waals surface area contributed by atoms with Crippen molar-refractivity contribution in [2.45, 2.75) is 30.2 Å². The van der Waals surface area contributed by atoms with Crippen molar-refractivity contribution < 1.29 is 12.8 Å². The Kier molecular flexibility index (Phi) is 6.22. The number of halogens is 3. The second-order valence-corrected chi connectivity index (χ2v) is 9.31. The van der Waals surface area contributed by atoms with E-state index in [1.165, 1.54) is 6.07 Å². The highest BCUT2D eigenvalue weighted by Crippen LogP contribution is 2.32. The number of hydrogen-bond donors (Lipinski definition) is 2. The lowest BCUT2D eigenvalue weighted by molar-refractivity contribution is 0.255. The van der Waals surface area contributed by atoms with Gasteiger partial charge in [-0.25, -0.2) is 17.5 Å². The lowest BCUT2D eigenvalue weighted by atomic mass is 9.80. The van der Waals surface area contributed by atoms with Crippen LogP contribution >= 0.6 is 27.5 Å². The maximum absolute atomic E-state index is 14.2. The van der Waals surface area contributed by atoms with Gasteiger partial charge in [0.25, 0.3) is 0 Å². The number of hydrogen-bond acceptors (Lipinski definition) is 3. The van der Waals surface area contributed by atoms with E-state index in [9.17, 15) is 12.8 Å². The molecule has 2 aromatic rings. The first-order valence-corrected chi connectivity index (χ1v) is 11.0. The fourth-order valence-electron chi connectivity index (χ4n) is 2.90. The average Bonchev–Trinajstić information content (AvgIpc) is 2.55. The van der Waals surface area contributed by atoms with E-state index in [0.717, 1.165) is 31.0 Å². The van der Waals surface area contributed by atoms with Gasteiger partial charge in [0.2, 0.25) is 10.0 Å². The number of rotatable bonds is 7. The first-order valence-electron chi connectivity index (χ1n) is 8.32. The van der Waals surface area contributed by atoms with Crippen LogP contribution in [0.25, 0.3) is 0 Å². The molecule has 0 bridgehead atoms. The molecule has 3 rings (SSSR count). The molecule has 0 amide bonds. The van der Waals surface area contributed by atoms with Gasteiger partial charge in [-0.05, 0) is 59.0 Å². The van der Waals surface area contributed by atoms with Crippen LogP contribution in [-0.2, 0) is 10.0 Å². The Hall–Kier alpha value is -1.15. The maximum atomic E-state index is 14.2. The summed E-state index contributed by atoms with van der Waals surface area (Å²) in [6.07, 6.45) is 2.99. The third-order valence-corrected chi connectivity index (χ3v) is 7.29. The Balaban J connectivity index is 1.78. The number of benzene rings is 2. The minimum atomic E-state index is -4.01. The summed E-state index contributed by atoms with van der Waals surface area (Å²) >= 11 is 8.98. The smallest absolute Gasteiger partial charge is 0.243 e. The average molecular weight is 462 g/mol. The van der Waals surface area contributed by atoms with Gasteiger partial charge in [0.05, 0.1) is 5.02 Å². The molecule has 0 radical (unpaired) electrons. The summed E-state index contributed by atoms with van der Waals surface area (Å²) < 4.78 is 42.7. The van der Waals surface area contributed by atoms with Crippen LogP contribution < -0.4 is 10.0 Å². The molecule has 8 heteroatoms. The second-order valence-electron chi connectivity index (χ2n) is 6.36. The van der Waals surface area contributed by atoms with Crippen LogP contribution in [-0.4, -0.2) is 21.0 Å². The normalized spacial score (nSPS) is 16.1. The van der Waals surface area contributed by atoms with Crippen molar-refractivity contribution in [3.63, 3.8) is 0 Å². The van der Waals surface area contributed by atoms with Crippen molar-refractivity contribution >= 4 is 43.2 Å². The van der Waals surface area contributed by atoms with Gasteiger partial charge in [-0.2, -0.15) is 0 Å². The molecular formula is C18H19BrClFN2O2S. The summed E-state index contributed by atoms with van der Waals surface area (Å²) in [6.45, 7) is 0.435. The monoisotopic (exact) mass is 460 g/mol. The molecular weight excluding hydrogens is 443 g/mol. The zero-order chi connectivity index (χ0) is 18.7. The molecule has 0 aliphatic heterocycles.